The highest BCUT2D eigenvalue weighted by molar-refractivity contribution is 7.90. The molecule has 1 aromatic rings. The predicted octanol–water partition coefficient (Wildman–Crippen LogP) is 1.75. The number of rotatable bonds is 8. The van der Waals surface area contributed by atoms with Crippen molar-refractivity contribution >= 4 is 15.8 Å². The average molecular weight is 342 g/mol. The zero-order valence-corrected chi connectivity index (χ0v) is 14.4. The Morgan fingerprint density at radius 3 is 2.61 bits per heavy atom. The summed E-state index contributed by atoms with van der Waals surface area (Å²) in [5, 5.41) is 8.95. The lowest BCUT2D eigenvalue weighted by molar-refractivity contribution is -0.138. The van der Waals surface area contributed by atoms with Crippen LogP contribution in [0.5, 0.6) is 5.75 Å². The lowest BCUT2D eigenvalue weighted by atomic mass is 10.1. The Balaban J connectivity index is 3.06. The zero-order valence-electron chi connectivity index (χ0n) is 13.5. The van der Waals surface area contributed by atoms with Gasteiger partial charge in [-0.3, -0.25) is 0 Å². The number of methoxy groups -OCH3 is 1. The molecule has 0 atom stereocenters. The van der Waals surface area contributed by atoms with Gasteiger partial charge in [-0.2, -0.15) is 0 Å². The molecule has 0 radical (unpaired) electrons. The minimum Gasteiger partial charge on any atom is -0.463 e. The summed E-state index contributed by atoms with van der Waals surface area (Å²) in [6, 6.07) is 5.01. The number of hydrogen-bond acceptors (Lipinski definition) is 6. The molecule has 1 rings (SSSR count). The van der Waals surface area contributed by atoms with Crippen LogP contribution in [0, 0.1) is 6.92 Å². The van der Waals surface area contributed by atoms with Gasteiger partial charge < -0.3 is 14.6 Å². The number of carbonyl (C=O) groups excluding carboxylic acids is 1. The summed E-state index contributed by atoms with van der Waals surface area (Å²) in [6.45, 7) is 3.20. The van der Waals surface area contributed by atoms with Crippen LogP contribution in [0.15, 0.2) is 30.0 Å². The molecule has 0 bridgehead atoms. The van der Waals surface area contributed by atoms with Crippen LogP contribution in [0.3, 0.4) is 0 Å². The molecule has 0 saturated heterocycles. The highest BCUT2D eigenvalue weighted by Crippen LogP contribution is 2.23. The largest absolute Gasteiger partial charge is 0.463 e. The first-order chi connectivity index (χ1) is 10.8. The van der Waals surface area contributed by atoms with Crippen LogP contribution in [-0.2, 0) is 25.1 Å². The average Bonchev–Trinajstić information content (AvgIpc) is 2.48. The van der Waals surface area contributed by atoms with E-state index in [0.29, 0.717) is 17.7 Å². The molecular formula is C16H22O6S. The minimum absolute atomic E-state index is 0.0885. The second-order valence-electron chi connectivity index (χ2n) is 5.04. The molecule has 0 unspecified atom stereocenters. The number of ether oxygens (including phenoxy) is 2. The number of aliphatic hydroxyl groups excluding tert-OH is 1. The number of benzene rings is 1. The Kier molecular flexibility index (Phi) is 7.25. The molecule has 0 saturated carbocycles. The monoisotopic (exact) mass is 342 g/mol. The fourth-order valence-corrected chi connectivity index (χ4v) is 3.40. The van der Waals surface area contributed by atoms with Crippen molar-refractivity contribution in [2.45, 2.75) is 26.0 Å². The Labute approximate surface area is 136 Å². The molecule has 0 spiro atoms. The van der Waals surface area contributed by atoms with Crippen LogP contribution < -0.4 is 4.74 Å². The lowest BCUT2D eigenvalue weighted by Gasteiger charge is -2.12. The molecule has 0 aliphatic rings. The van der Waals surface area contributed by atoms with E-state index in [4.69, 9.17) is 9.84 Å². The predicted molar refractivity (Wildman–Crippen MR) is 86.8 cm³/mol. The summed E-state index contributed by atoms with van der Waals surface area (Å²) in [6.07, 6.45) is 1.75. The second kappa shape index (κ2) is 8.69. The van der Waals surface area contributed by atoms with Crippen LogP contribution >= 0.6 is 0 Å². The fourth-order valence-electron chi connectivity index (χ4n) is 1.95. The van der Waals surface area contributed by atoms with E-state index in [0.717, 1.165) is 5.56 Å². The first-order valence-electron chi connectivity index (χ1n) is 7.20. The molecule has 0 aliphatic heterocycles. The standard InChI is InChI=1S/C16H22O6S/c1-4-9-23(19,20)11-13-6-5-12(2)15(10-13)22-14(7-8-17)16(18)21-3/h5-7,10,17H,4,8-9,11H2,1-3H3/b14-7-. The molecule has 0 aromatic heterocycles. The number of aryl methyl sites for hydroxylation is 1. The number of hydrogen-bond donors (Lipinski definition) is 1. The van der Waals surface area contributed by atoms with Gasteiger partial charge in [0.1, 0.15) is 5.75 Å². The molecule has 0 heterocycles. The highest BCUT2D eigenvalue weighted by Gasteiger charge is 2.16. The van der Waals surface area contributed by atoms with Gasteiger partial charge in [-0.25, -0.2) is 13.2 Å². The van der Waals surface area contributed by atoms with Gasteiger partial charge in [0.2, 0.25) is 5.76 Å². The third-order valence-electron chi connectivity index (χ3n) is 3.04. The van der Waals surface area contributed by atoms with E-state index in [-0.39, 0.29) is 23.9 Å². The van der Waals surface area contributed by atoms with E-state index < -0.39 is 15.8 Å². The number of esters is 1. The summed E-state index contributed by atoms with van der Waals surface area (Å²) in [4.78, 5) is 11.6. The maximum Gasteiger partial charge on any atom is 0.373 e. The molecular weight excluding hydrogens is 320 g/mol. The summed E-state index contributed by atoms with van der Waals surface area (Å²) in [7, 11) is -1.97. The summed E-state index contributed by atoms with van der Waals surface area (Å²) < 4.78 is 33.9. The summed E-state index contributed by atoms with van der Waals surface area (Å²) in [5.41, 5.74) is 1.31. The normalized spacial score (nSPS) is 12.1. The van der Waals surface area contributed by atoms with Crippen molar-refractivity contribution in [3.8, 4) is 5.75 Å². The van der Waals surface area contributed by atoms with Crippen molar-refractivity contribution in [1.82, 2.24) is 0 Å². The van der Waals surface area contributed by atoms with Crippen LogP contribution in [-0.4, -0.2) is 39.0 Å². The van der Waals surface area contributed by atoms with Crippen molar-refractivity contribution < 1.29 is 27.8 Å². The van der Waals surface area contributed by atoms with Gasteiger partial charge in [0.05, 0.1) is 25.2 Å². The Hall–Kier alpha value is -1.86. The fraction of sp³-hybridized carbons (Fsp3) is 0.438. The van der Waals surface area contributed by atoms with Crippen molar-refractivity contribution in [3.63, 3.8) is 0 Å². The van der Waals surface area contributed by atoms with Gasteiger partial charge in [0.15, 0.2) is 9.84 Å². The third kappa shape index (κ3) is 6.03. The van der Waals surface area contributed by atoms with E-state index in [1.807, 2.05) is 6.92 Å². The van der Waals surface area contributed by atoms with Gasteiger partial charge in [0, 0.05) is 0 Å². The van der Waals surface area contributed by atoms with Crippen LogP contribution in [0.2, 0.25) is 0 Å². The molecule has 0 aliphatic carbocycles. The SMILES string of the molecule is CCCS(=O)(=O)Cc1ccc(C)c(O/C(=C\CO)C(=O)OC)c1. The van der Waals surface area contributed by atoms with E-state index in [1.165, 1.54) is 13.2 Å². The van der Waals surface area contributed by atoms with Gasteiger partial charge >= 0.3 is 5.97 Å². The van der Waals surface area contributed by atoms with Crippen LogP contribution in [0.1, 0.15) is 24.5 Å². The zero-order chi connectivity index (χ0) is 17.5. The molecule has 0 amide bonds. The molecule has 128 valence electrons. The van der Waals surface area contributed by atoms with Gasteiger partial charge in [-0.1, -0.05) is 19.1 Å². The highest BCUT2D eigenvalue weighted by atomic mass is 32.2. The molecule has 6 nitrogen and oxygen atoms in total. The first kappa shape index (κ1) is 19.2. The molecule has 7 heteroatoms. The Morgan fingerprint density at radius 2 is 2.04 bits per heavy atom. The molecule has 1 aromatic carbocycles. The quantitative estimate of drug-likeness (QED) is 0.440. The topological polar surface area (TPSA) is 89.9 Å². The summed E-state index contributed by atoms with van der Waals surface area (Å²) in [5.74, 6) is -0.489. The third-order valence-corrected chi connectivity index (χ3v) is 4.84. The van der Waals surface area contributed by atoms with Gasteiger partial charge in [-0.05, 0) is 36.6 Å². The van der Waals surface area contributed by atoms with E-state index in [9.17, 15) is 13.2 Å². The number of carbonyl (C=O) groups is 1. The number of aliphatic hydroxyl groups is 1. The van der Waals surface area contributed by atoms with Crippen LogP contribution in [0.4, 0.5) is 0 Å². The van der Waals surface area contributed by atoms with Gasteiger partial charge in [-0.15, -0.1) is 0 Å². The molecule has 23 heavy (non-hydrogen) atoms. The van der Waals surface area contributed by atoms with Crippen LogP contribution in [0.25, 0.3) is 0 Å². The van der Waals surface area contributed by atoms with Crippen molar-refractivity contribution in [3.05, 3.63) is 41.2 Å². The first-order valence-corrected chi connectivity index (χ1v) is 9.02. The van der Waals surface area contributed by atoms with Crippen molar-refractivity contribution in [2.24, 2.45) is 0 Å². The maximum atomic E-state index is 11.9. The van der Waals surface area contributed by atoms with E-state index in [1.54, 1.807) is 25.1 Å². The van der Waals surface area contributed by atoms with Gasteiger partial charge in [0.25, 0.3) is 0 Å². The van der Waals surface area contributed by atoms with Crippen molar-refractivity contribution in [2.75, 3.05) is 19.5 Å². The van der Waals surface area contributed by atoms with Crippen molar-refractivity contribution in [1.29, 1.82) is 0 Å². The smallest absolute Gasteiger partial charge is 0.373 e. The number of sulfone groups is 1. The molecule has 1 N–H and O–H groups in total. The van der Waals surface area contributed by atoms with E-state index >= 15 is 0 Å². The maximum absolute atomic E-state index is 11.9. The Morgan fingerprint density at radius 1 is 1.35 bits per heavy atom. The Bertz CT molecular complexity index is 676. The minimum atomic E-state index is -3.18. The summed E-state index contributed by atoms with van der Waals surface area (Å²) >= 11 is 0. The van der Waals surface area contributed by atoms with E-state index in [2.05, 4.69) is 4.74 Å². The second-order valence-corrected chi connectivity index (χ2v) is 7.22. The lowest BCUT2D eigenvalue weighted by Crippen LogP contribution is -2.13. The molecule has 0 fully saturated rings.